The fourth-order valence-corrected chi connectivity index (χ4v) is 2.31. The van der Waals surface area contributed by atoms with Crippen molar-refractivity contribution in [2.75, 3.05) is 13.1 Å². The fourth-order valence-electron chi connectivity index (χ4n) is 2.31. The molecule has 76 valence electrons. The monoisotopic (exact) mass is 203 g/mol. The number of fused-ring (bicyclic) bond motifs is 3. The minimum atomic E-state index is -0.266. The van der Waals surface area contributed by atoms with Crippen molar-refractivity contribution in [1.82, 2.24) is 10.6 Å². The highest BCUT2D eigenvalue weighted by molar-refractivity contribution is 6.18. The average molecular weight is 203 g/mol. The summed E-state index contributed by atoms with van der Waals surface area (Å²) >= 11 is 0. The van der Waals surface area contributed by atoms with Gasteiger partial charge in [-0.2, -0.15) is 0 Å². The van der Waals surface area contributed by atoms with Gasteiger partial charge in [0.05, 0.1) is 0 Å². The Kier molecular flexibility index (Phi) is 1.44. The molecule has 1 aliphatic carbocycles. The van der Waals surface area contributed by atoms with Crippen LogP contribution in [0.4, 0.5) is 0 Å². The lowest BCUT2D eigenvalue weighted by Crippen LogP contribution is -2.32. The molecule has 3 aliphatic heterocycles. The summed E-state index contributed by atoms with van der Waals surface area (Å²) in [5, 5.41) is 13.2. The van der Waals surface area contributed by atoms with Crippen LogP contribution in [0, 0.1) is 11.3 Å². The van der Waals surface area contributed by atoms with E-state index in [0.717, 1.165) is 5.57 Å². The van der Waals surface area contributed by atoms with Crippen LogP contribution in [-0.4, -0.2) is 30.6 Å². The zero-order valence-electron chi connectivity index (χ0n) is 7.89. The van der Waals surface area contributed by atoms with E-state index in [2.05, 4.69) is 10.6 Å². The van der Waals surface area contributed by atoms with E-state index >= 15 is 0 Å². The lowest BCUT2D eigenvalue weighted by Gasteiger charge is -2.17. The topological polar surface area (TPSA) is 82.1 Å². The van der Waals surface area contributed by atoms with Gasteiger partial charge in [0.2, 0.25) is 5.91 Å². The first-order valence-electron chi connectivity index (χ1n) is 4.78. The number of amides is 2. The zero-order valence-corrected chi connectivity index (χ0v) is 7.89. The first-order chi connectivity index (χ1) is 7.18. The number of carbonyl (C=O) groups is 2. The highest BCUT2D eigenvalue weighted by atomic mass is 16.2. The average Bonchev–Trinajstić information content (AvgIpc) is 2.45. The van der Waals surface area contributed by atoms with Gasteiger partial charge in [0.15, 0.2) is 0 Å². The van der Waals surface area contributed by atoms with Crippen LogP contribution in [-0.2, 0) is 9.59 Å². The van der Waals surface area contributed by atoms with Crippen LogP contribution >= 0.6 is 0 Å². The van der Waals surface area contributed by atoms with E-state index in [-0.39, 0.29) is 17.7 Å². The van der Waals surface area contributed by atoms with Crippen LogP contribution in [0.1, 0.15) is 0 Å². The van der Waals surface area contributed by atoms with E-state index in [9.17, 15) is 9.59 Å². The quantitative estimate of drug-likeness (QED) is 0.477. The number of carbonyl (C=O) groups excluding carboxylic acids is 2. The predicted molar refractivity (Wildman–Crippen MR) is 52.3 cm³/mol. The van der Waals surface area contributed by atoms with Gasteiger partial charge in [-0.05, 0) is 11.6 Å². The van der Waals surface area contributed by atoms with Gasteiger partial charge >= 0.3 is 0 Å². The Morgan fingerprint density at radius 1 is 1.27 bits per heavy atom. The summed E-state index contributed by atoms with van der Waals surface area (Å²) in [5.74, 6) is -0.580. The zero-order chi connectivity index (χ0) is 10.6. The summed E-state index contributed by atoms with van der Waals surface area (Å²) in [6, 6.07) is 0. The second kappa shape index (κ2) is 2.56. The Morgan fingerprint density at radius 2 is 2.07 bits per heavy atom. The number of hydrogen-bond donors (Lipinski definition) is 3. The van der Waals surface area contributed by atoms with Crippen molar-refractivity contribution in [2.24, 2.45) is 5.92 Å². The first-order valence-corrected chi connectivity index (χ1v) is 4.78. The molecule has 0 spiro atoms. The molecule has 3 heterocycles. The molecule has 0 radical (unpaired) electrons. The van der Waals surface area contributed by atoms with Crippen LogP contribution in [0.2, 0.25) is 0 Å². The first kappa shape index (κ1) is 8.40. The number of allylic oxidation sites excluding steroid dienone is 1. The maximum atomic E-state index is 11.6. The summed E-state index contributed by atoms with van der Waals surface area (Å²) in [6.07, 6.45) is 1.58. The van der Waals surface area contributed by atoms with Crippen LogP contribution in [0.25, 0.3) is 0 Å². The van der Waals surface area contributed by atoms with Crippen molar-refractivity contribution in [2.45, 2.75) is 0 Å². The van der Waals surface area contributed by atoms with Gasteiger partial charge in [-0.3, -0.25) is 9.59 Å². The molecule has 0 aromatic rings. The summed E-state index contributed by atoms with van der Waals surface area (Å²) in [7, 11) is 0. The minimum absolute atomic E-state index is 0.137. The molecule has 0 aromatic heterocycles. The van der Waals surface area contributed by atoms with Crippen LogP contribution in [0.15, 0.2) is 22.8 Å². The van der Waals surface area contributed by atoms with E-state index in [4.69, 9.17) is 5.41 Å². The molecule has 0 aromatic carbocycles. The van der Waals surface area contributed by atoms with Gasteiger partial charge in [0, 0.05) is 35.9 Å². The van der Waals surface area contributed by atoms with Gasteiger partial charge < -0.3 is 16.0 Å². The third-order valence-electron chi connectivity index (χ3n) is 3.06. The Balaban J connectivity index is 2.24. The Labute approximate surface area is 85.7 Å². The summed E-state index contributed by atoms with van der Waals surface area (Å²) in [5.41, 5.74) is 2.20. The molecule has 0 saturated heterocycles. The third-order valence-corrected chi connectivity index (χ3v) is 3.06. The van der Waals surface area contributed by atoms with Crippen molar-refractivity contribution < 1.29 is 9.59 Å². The van der Waals surface area contributed by atoms with E-state index < -0.39 is 0 Å². The molecular formula is C10H9N3O2. The molecule has 4 aliphatic rings. The molecule has 5 nitrogen and oxygen atoms in total. The maximum Gasteiger partial charge on any atom is 0.251 e. The molecule has 0 fully saturated rings. The van der Waals surface area contributed by atoms with Gasteiger partial charge in [-0.25, -0.2) is 0 Å². The molecule has 5 heteroatoms. The van der Waals surface area contributed by atoms with E-state index in [1.807, 2.05) is 0 Å². The SMILES string of the molecule is N=C1C=C2C(=O)NCC1C1=C2CNC1=O. The van der Waals surface area contributed by atoms with Crippen molar-refractivity contribution in [3.8, 4) is 0 Å². The second-order valence-electron chi connectivity index (χ2n) is 3.85. The molecular weight excluding hydrogens is 194 g/mol. The smallest absolute Gasteiger partial charge is 0.251 e. The van der Waals surface area contributed by atoms with Gasteiger partial charge in [-0.15, -0.1) is 0 Å². The van der Waals surface area contributed by atoms with E-state index in [0.29, 0.717) is 29.9 Å². The third kappa shape index (κ3) is 0.945. The molecule has 2 bridgehead atoms. The summed E-state index contributed by atoms with van der Waals surface area (Å²) in [6.45, 7) is 0.765. The maximum absolute atomic E-state index is 11.6. The van der Waals surface area contributed by atoms with Gasteiger partial charge in [-0.1, -0.05) is 0 Å². The Morgan fingerprint density at radius 3 is 2.87 bits per heavy atom. The second-order valence-corrected chi connectivity index (χ2v) is 3.85. The molecule has 1 atom stereocenters. The van der Waals surface area contributed by atoms with Crippen LogP contribution < -0.4 is 10.6 Å². The van der Waals surface area contributed by atoms with Gasteiger partial charge in [0.25, 0.3) is 5.91 Å². The standard InChI is InChI=1S/C10H9N3O2/c11-7-1-4-5-2-13-10(15)8(5)6(7)3-12-9(4)14/h1,6,11H,2-3H2,(H,12,14)(H,13,15). The number of rotatable bonds is 0. The van der Waals surface area contributed by atoms with Gasteiger partial charge in [0.1, 0.15) is 0 Å². The van der Waals surface area contributed by atoms with Crippen molar-refractivity contribution in [3.05, 3.63) is 22.8 Å². The predicted octanol–water partition coefficient (Wildman–Crippen LogP) is -0.881. The summed E-state index contributed by atoms with van der Waals surface area (Å²) in [4.78, 5) is 23.2. The molecule has 4 rings (SSSR count). The van der Waals surface area contributed by atoms with Crippen LogP contribution in [0.5, 0.6) is 0 Å². The van der Waals surface area contributed by atoms with Crippen LogP contribution in [0.3, 0.4) is 0 Å². The highest BCUT2D eigenvalue weighted by Gasteiger charge is 2.40. The minimum Gasteiger partial charge on any atom is -0.351 e. The highest BCUT2D eigenvalue weighted by Crippen LogP contribution is 2.33. The molecule has 3 N–H and O–H groups in total. The Hall–Kier alpha value is -1.91. The molecule has 0 saturated carbocycles. The van der Waals surface area contributed by atoms with Crippen molar-refractivity contribution in [3.63, 3.8) is 0 Å². The lowest BCUT2D eigenvalue weighted by molar-refractivity contribution is -0.118. The molecule has 1 unspecified atom stereocenters. The largest absolute Gasteiger partial charge is 0.351 e. The normalized spacial score (nSPS) is 28.4. The number of nitrogens with one attached hydrogen (secondary N) is 3. The summed E-state index contributed by atoms with van der Waals surface area (Å²) < 4.78 is 0. The van der Waals surface area contributed by atoms with Crippen molar-refractivity contribution in [1.29, 1.82) is 5.41 Å². The number of hydrogen-bond acceptors (Lipinski definition) is 3. The molecule has 2 amide bonds. The molecule has 15 heavy (non-hydrogen) atoms. The fraction of sp³-hybridized carbons (Fsp3) is 0.300. The van der Waals surface area contributed by atoms with E-state index in [1.165, 1.54) is 0 Å². The van der Waals surface area contributed by atoms with Crippen molar-refractivity contribution >= 4 is 17.5 Å². The Bertz CT molecular complexity index is 473. The van der Waals surface area contributed by atoms with E-state index in [1.54, 1.807) is 6.08 Å². The lowest BCUT2D eigenvalue weighted by atomic mass is 9.84.